The number of aromatic hydroxyl groups is 2. The van der Waals surface area contributed by atoms with Gasteiger partial charge in [0, 0.05) is 31.1 Å². The van der Waals surface area contributed by atoms with Gasteiger partial charge in [0.05, 0.1) is 12.2 Å². The third kappa shape index (κ3) is 5.62. The molecule has 0 aliphatic carbocycles. The Labute approximate surface area is 208 Å². The predicted molar refractivity (Wildman–Crippen MR) is 133 cm³/mol. The summed E-state index contributed by atoms with van der Waals surface area (Å²) in [5, 5.41) is 22.8. The topological polar surface area (TPSA) is 129 Å². The monoisotopic (exact) mass is 494 g/mol. The Morgan fingerprint density at radius 3 is 2.67 bits per heavy atom. The molecule has 1 fully saturated rings. The van der Waals surface area contributed by atoms with Crippen LogP contribution in [0, 0.1) is 0 Å². The summed E-state index contributed by atoms with van der Waals surface area (Å²) >= 11 is 0. The van der Waals surface area contributed by atoms with Crippen LogP contribution in [0.2, 0.25) is 0 Å². The Bertz CT molecular complexity index is 1310. The lowest BCUT2D eigenvalue weighted by Crippen LogP contribution is -2.38. The number of phenolic OH excluding ortho intramolecular Hbond substituents is 2. The van der Waals surface area contributed by atoms with E-state index >= 15 is 0 Å². The maximum absolute atomic E-state index is 13.3. The number of phenols is 2. The zero-order chi connectivity index (χ0) is 25.7. The summed E-state index contributed by atoms with van der Waals surface area (Å²) in [4.78, 5) is 38.8. The van der Waals surface area contributed by atoms with Gasteiger partial charge in [-0.1, -0.05) is 37.6 Å². The van der Waals surface area contributed by atoms with E-state index in [-0.39, 0.29) is 28.4 Å². The molecule has 4 rings (SSSR count). The number of carbonyl (C=O) groups excluding carboxylic acids is 2. The van der Waals surface area contributed by atoms with Gasteiger partial charge >= 0.3 is 11.7 Å². The highest BCUT2D eigenvalue weighted by molar-refractivity contribution is 6.07. The van der Waals surface area contributed by atoms with E-state index in [1.54, 1.807) is 4.90 Å². The van der Waals surface area contributed by atoms with Crippen molar-refractivity contribution >= 4 is 23.0 Å². The van der Waals surface area contributed by atoms with Crippen LogP contribution < -0.4 is 10.9 Å². The molecule has 1 saturated heterocycles. The van der Waals surface area contributed by atoms with E-state index < -0.39 is 23.2 Å². The summed E-state index contributed by atoms with van der Waals surface area (Å²) in [6, 6.07) is 11.9. The number of amides is 2. The number of nitrogens with one attached hydrogen (secondary N) is 1. The van der Waals surface area contributed by atoms with Crippen molar-refractivity contribution in [3.05, 3.63) is 69.6 Å². The first kappa shape index (κ1) is 25.1. The Balaban J connectivity index is 1.40. The van der Waals surface area contributed by atoms with E-state index in [2.05, 4.69) is 17.4 Å². The van der Waals surface area contributed by atoms with Gasteiger partial charge in [-0.05, 0) is 48.4 Å². The van der Waals surface area contributed by atoms with Gasteiger partial charge in [-0.15, -0.1) is 0 Å². The number of nitrogens with zero attached hydrogens (tertiary/aromatic N) is 1. The third-order valence-electron chi connectivity index (χ3n) is 6.47. The van der Waals surface area contributed by atoms with Crippen molar-refractivity contribution in [3.8, 4) is 11.5 Å². The summed E-state index contributed by atoms with van der Waals surface area (Å²) in [5.41, 5.74) is 1.27. The largest absolute Gasteiger partial charge is 0.504 e. The van der Waals surface area contributed by atoms with E-state index in [9.17, 15) is 24.6 Å². The summed E-state index contributed by atoms with van der Waals surface area (Å²) in [7, 11) is 0. The van der Waals surface area contributed by atoms with Gasteiger partial charge in [0.15, 0.2) is 11.3 Å². The molecule has 2 amide bonds. The molecule has 2 heterocycles. The number of unbranched alkanes of at least 4 members (excludes halogenated alkanes) is 1. The number of hydrogen-bond donors (Lipinski definition) is 3. The van der Waals surface area contributed by atoms with Crippen molar-refractivity contribution in [1.29, 1.82) is 0 Å². The summed E-state index contributed by atoms with van der Waals surface area (Å²) < 4.78 is 10.2. The normalized spacial score (nSPS) is 14.1. The molecule has 1 aliphatic heterocycles. The summed E-state index contributed by atoms with van der Waals surface area (Å²) in [6.07, 6.45) is 2.86. The molecule has 0 unspecified atom stereocenters. The lowest BCUT2D eigenvalue weighted by atomic mass is 9.88. The van der Waals surface area contributed by atoms with E-state index in [1.807, 2.05) is 19.1 Å². The highest BCUT2D eigenvalue weighted by Crippen LogP contribution is 2.35. The second-order valence-corrected chi connectivity index (χ2v) is 8.94. The van der Waals surface area contributed by atoms with E-state index in [0.29, 0.717) is 26.2 Å². The predicted octanol–water partition coefficient (Wildman–Crippen LogP) is 4.25. The van der Waals surface area contributed by atoms with E-state index in [4.69, 9.17) is 9.15 Å². The Morgan fingerprint density at radius 1 is 1.14 bits per heavy atom. The van der Waals surface area contributed by atoms with Crippen molar-refractivity contribution in [2.24, 2.45) is 0 Å². The van der Waals surface area contributed by atoms with Crippen LogP contribution in [0.3, 0.4) is 0 Å². The fourth-order valence-electron chi connectivity index (χ4n) is 4.46. The number of likely N-dealkylation sites (tertiary alicyclic amines) is 1. The van der Waals surface area contributed by atoms with Gasteiger partial charge in [0.1, 0.15) is 0 Å². The maximum Gasteiger partial charge on any atom is 0.407 e. The molecule has 9 nitrogen and oxygen atoms in total. The lowest BCUT2D eigenvalue weighted by Gasteiger charge is -2.32. The van der Waals surface area contributed by atoms with Gasteiger partial charge < -0.3 is 29.6 Å². The second kappa shape index (κ2) is 11.2. The average Bonchev–Trinajstić information content (AvgIpc) is 2.89. The van der Waals surface area contributed by atoms with Crippen molar-refractivity contribution in [2.45, 2.75) is 45.1 Å². The highest BCUT2D eigenvalue weighted by Gasteiger charge is 2.27. The number of fused-ring (bicyclic) bond motifs is 1. The molecule has 0 atom stereocenters. The van der Waals surface area contributed by atoms with Crippen molar-refractivity contribution in [3.63, 3.8) is 0 Å². The molecule has 9 heteroatoms. The van der Waals surface area contributed by atoms with Gasteiger partial charge in [0.2, 0.25) is 5.75 Å². The fraction of sp³-hybridized carbons (Fsp3) is 0.370. The summed E-state index contributed by atoms with van der Waals surface area (Å²) in [5.74, 6) is -1.07. The number of alkyl carbamates (subject to hydrolysis) is 1. The highest BCUT2D eigenvalue weighted by atomic mass is 16.5. The lowest BCUT2D eigenvalue weighted by molar-refractivity contribution is 0.0714. The zero-order valence-corrected chi connectivity index (χ0v) is 20.2. The number of carbonyl (C=O) groups is 2. The molecule has 0 bridgehead atoms. The maximum atomic E-state index is 13.3. The smallest absolute Gasteiger partial charge is 0.407 e. The molecule has 2 aromatic carbocycles. The van der Waals surface area contributed by atoms with Gasteiger partial charge in [-0.3, -0.25) is 4.79 Å². The SMILES string of the molecule is CCCCOC(=O)NCc1cccc(C2CCN(C(=O)c3cc(=O)oc4c(O)c(O)ccc34)CC2)c1. The molecular formula is C27H30N2O7. The van der Waals surface area contributed by atoms with Crippen LogP contribution >= 0.6 is 0 Å². The van der Waals surface area contributed by atoms with E-state index in [1.165, 1.54) is 12.1 Å². The average molecular weight is 495 g/mol. The molecule has 1 aromatic heterocycles. The van der Waals surface area contributed by atoms with Crippen LogP contribution in [0.25, 0.3) is 11.0 Å². The minimum atomic E-state index is -0.777. The molecule has 1 aliphatic rings. The van der Waals surface area contributed by atoms with Crippen LogP contribution in [0.4, 0.5) is 4.79 Å². The fourth-order valence-corrected chi connectivity index (χ4v) is 4.46. The first-order valence-electron chi connectivity index (χ1n) is 12.1. The number of benzene rings is 2. The molecule has 36 heavy (non-hydrogen) atoms. The second-order valence-electron chi connectivity index (χ2n) is 8.94. The minimum Gasteiger partial charge on any atom is -0.504 e. The van der Waals surface area contributed by atoms with Gasteiger partial charge in [0.25, 0.3) is 5.91 Å². The first-order valence-corrected chi connectivity index (χ1v) is 12.1. The number of rotatable bonds is 7. The van der Waals surface area contributed by atoms with Crippen molar-refractivity contribution < 1.29 is 29.0 Å². The number of ether oxygens (including phenoxy) is 1. The molecule has 3 N–H and O–H groups in total. The zero-order valence-electron chi connectivity index (χ0n) is 20.2. The molecule has 0 radical (unpaired) electrons. The van der Waals surface area contributed by atoms with Gasteiger partial charge in [-0.2, -0.15) is 0 Å². The molecule has 0 spiro atoms. The quantitative estimate of drug-likeness (QED) is 0.254. The number of hydrogen-bond acceptors (Lipinski definition) is 7. The standard InChI is InChI=1S/C27H30N2O7/c1-2-3-13-35-27(34)28-16-17-5-4-6-19(14-17)18-9-11-29(12-10-18)26(33)21-15-23(31)36-25-20(21)7-8-22(30)24(25)32/h4-8,14-15,18,30,32H,2-3,9-13,16H2,1H3,(H,28,34). The van der Waals surface area contributed by atoms with Crippen LogP contribution in [0.5, 0.6) is 11.5 Å². The Morgan fingerprint density at radius 2 is 1.92 bits per heavy atom. The van der Waals surface area contributed by atoms with Crippen LogP contribution in [-0.2, 0) is 11.3 Å². The summed E-state index contributed by atoms with van der Waals surface area (Å²) in [6.45, 7) is 3.83. The van der Waals surface area contributed by atoms with Crippen LogP contribution in [-0.4, -0.2) is 46.8 Å². The van der Waals surface area contributed by atoms with Crippen LogP contribution in [0.15, 0.2) is 51.7 Å². The molecular weight excluding hydrogens is 464 g/mol. The number of piperidine rings is 1. The van der Waals surface area contributed by atoms with Crippen molar-refractivity contribution in [2.75, 3.05) is 19.7 Å². The van der Waals surface area contributed by atoms with Crippen molar-refractivity contribution in [1.82, 2.24) is 10.2 Å². The Hall–Kier alpha value is -4.01. The van der Waals surface area contributed by atoms with Crippen LogP contribution in [0.1, 0.15) is 60.0 Å². The Kier molecular flexibility index (Phi) is 7.77. The molecule has 190 valence electrons. The van der Waals surface area contributed by atoms with E-state index in [0.717, 1.165) is 42.9 Å². The van der Waals surface area contributed by atoms with Gasteiger partial charge in [-0.25, -0.2) is 9.59 Å². The molecule has 3 aromatic rings. The minimum absolute atomic E-state index is 0.133. The third-order valence-corrected chi connectivity index (χ3v) is 6.47. The molecule has 0 saturated carbocycles. The first-order chi connectivity index (χ1) is 17.4.